The van der Waals surface area contributed by atoms with Gasteiger partial charge in [-0.3, -0.25) is 4.98 Å². The standard InChI is InChI=1S/C14H15N5O/c1-2-3-6-13-16-14(12-7-9-20-18-12)19(17-13)11-5-4-8-15-10-11/h4-5,7-10H,2-3,6H2,1H3. The van der Waals surface area contributed by atoms with Crippen molar-refractivity contribution in [3.05, 3.63) is 42.7 Å². The first kappa shape index (κ1) is 12.5. The lowest BCUT2D eigenvalue weighted by Crippen LogP contribution is -2.00. The zero-order valence-electron chi connectivity index (χ0n) is 11.2. The van der Waals surface area contributed by atoms with Crippen LogP contribution in [0.15, 0.2) is 41.4 Å². The SMILES string of the molecule is CCCCc1nc(-c2ccon2)n(-c2cccnc2)n1. The van der Waals surface area contributed by atoms with Crippen molar-refractivity contribution in [2.24, 2.45) is 0 Å². The molecule has 0 fully saturated rings. The number of hydrogen-bond acceptors (Lipinski definition) is 5. The van der Waals surface area contributed by atoms with Crippen LogP contribution in [0, 0.1) is 0 Å². The fourth-order valence-electron chi connectivity index (χ4n) is 1.95. The number of nitrogens with zero attached hydrogens (tertiary/aromatic N) is 5. The minimum Gasteiger partial charge on any atom is -0.364 e. The Morgan fingerprint density at radius 2 is 2.25 bits per heavy atom. The minimum atomic E-state index is 0.670. The van der Waals surface area contributed by atoms with Gasteiger partial charge < -0.3 is 4.52 Å². The van der Waals surface area contributed by atoms with Gasteiger partial charge in [-0.25, -0.2) is 9.67 Å². The quantitative estimate of drug-likeness (QED) is 0.712. The van der Waals surface area contributed by atoms with Crippen LogP contribution in [0.4, 0.5) is 0 Å². The molecule has 0 saturated heterocycles. The van der Waals surface area contributed by atoms with Crippen LogP contribution in [0.2, 0.25) is 0 Å². The molecule has 0 radical (unpaired) electrons. The Morgan fingerprint density at radius 1 is 1.30 bits per heavy atom. The maximum Gasteiger partial charge on any atom is 0.185 e. The van der Waals surface area contributed by atoms with E-state index in [1.165, 1.54) is 6.26 Å². The van der Waals surface area contributed by atoms with Crippen LogP contribution >= 0.6 is 0 Å². The molecule has 0 unspecified atom stereocenters. The predicted molar refractivity (Wildman–Crippen MR) is 73.3 cm³/mol. The third kappa shape index (κ3) is 2.45. The maximum atomic E-state index is 4.90. The summed E-state index contributed by atoms with van der Waals surface area (Å²) >= 11 is 0. The molecule has 3 heterocycles. The first-order valence-corrected chi connectivity index (χ1v) is 6.65. The highest BCUT2D eigenvalue weighted by Crippen LogP contribution is 2.19. The summed E-state index contributed by atoms with van der Waals surface area (Å²) in [6, 6.07) is 5.59. The number of aromatic nitrogens is 5. The van der Waals surface area contributed by atoms with Crippen molar-refractivity contribution < 1.29 is 4.52 Å². The van der Waals surface area contributed by atoms with Crippen molar-refractivity contribution in [3.8, 4) is 17.2 Å². The van der Waals surface area contributed by atoms with Gasteiger partial charge in [-0.05, 0) is 18.6 Å². The Kier molecular flexibility index (Phi) is 3.54. The zero-order chi connectivity index (χ0) is 13.8. The van der Waals surface area contributed by atoms with E-state index >= 15 is 0 Å². The van der Waals surface area contributed by atoms with E-state index in [-0.39, 0.29) is 0 Å². The van der Waals surface area contributed by atoms with Crippen molar-refractivity contribution in [3.63, 3.8) is 0 Å². The van der Waals surface area contributed by atoms with E-state index in [1.807, 2.05) is 12.1 Å². The Morgan fingerprint density at radius 3 is 2.95 bits per heavy atom. The predicted octanol–water partition coefficient (Wildman–Crippen LogP) is 2.66. The molecule has 3 aromatic rings. The van der Waals surface area contributed by atoms with Crippen LogP contribution in [-0.4, -0.2) is 24.9 Å². The molecule has 6 nitrogen and oxygen atoms in total. The lowest BCUT2D eigenvalue weighted by atomic mass is 10.2. The summed E-state index contributed by atoms with van der Waals surface area (Å²) in [5.41, 5.74) is 1.53. The van der Waals surface area contributed by atoms with Crippen LogP contribution in [0.1, 0.15) is 25.6 Å². The van der Waals surface area contributed by atoms with Crippen molar-refractivity contribution in [1.29, 1.82) is 0 Å². The van der Waals surface area contributed by atoms with Crippen LogP contribution in [0.25, 0.3) is 17.2 Å². The van der Waals surface area contributed by atoms with Crippen molar-refractivity contribution in [2.75, 3.05) is 0 Å². The van der Waals surface area contributed by atoms with Gasteiger partial charge in [-0.15, -0.1) is 0 Å². The summed E-state index contributed by atoms with van der Waals surface area (Å²) in [6.07, 6.45) is 8.05. The average Bonchev–Trinajstić information content (AvgIpc) is 3.15. The second kappa shape index (κ2) is 5.64. The van der Waals surface area contributed by atoms with Crippen molar-refractivity contribution in [2.45, 2.75) is 26.2 Å². The second-order valence-electron chi connectivity index (χ2n) is 4.46. The molecule has 0 aromatic carbocycles. The van der Waals surface area contributed by atoms with Gasteiger partial charge in [-0.2, -0.15) is 5.10 Å². The fraction of sp³-hybridized carbons (Fsp3) is 0.286. The Labute approximate surface area is 116 Å². The lowest BCUT2D eigenvalue weighted by molar-refractivity contribution is 0.421. The highest BCUT2D eigenvalue weighted by Gasteiger charge is 2.15. The Bertz CT molecular complexity index is 660. The third-order valence-electron chi connectivity index (χ3n) is 2.96. The molecule has 3 rings (SSSR count). The van der Waals surface area contributed by atoms with Gasteiger partial charge in [0.25, 0.3) is 0 Å². The van der Waals surface area contributed by atoms with Gasteiger partial charge in [0.15, 0.2) is 17.3 Å². The van der Waals surface area contributed by atoms with E-state index in [0.717, 1.165) is 30.8 Å². The molecule has 0 aliphatic rings. The van der Waals surface area contributed by atoms with Crippen LogP contribution in [0.3, 0.4) is 0 Å². The van der Waals surface area contributed by atoms with Gasteiger partial charge >= 0.3 is 0 Å². The number of hydrogen-bond donors (Lipinski definition) is 0. The monoisotopic (exact) mass is 269 g/mol. The van der Waals surface area contributed by atoms with Gasteiger partial charge in [0.1, 0.15) is 6.26 Å². The summed E-state index contributed by atoms with van der Waals surface area (Å²) in [7, 11) is 0. The van der Waals surface area contributed by atoms with E-state index in [0.29, 0.717) is 11.5 Å². The van der Waals surface area contributed by atoms with E-state index in [9.17, 15) is 0 Å². The molecule has 0 spiro atoms. The highest BCUT2D eigenvalue weighted by molar-refractivity contribution is 5.51. The third-order valence-corrected chi connectivity index (χ3v) is 2.96. The van der Waals surface area contributed by atoms with E-state index < -0.39 is 0 Å². The molecule has 0 aliphatic heterocycles. The van der Waals surface area contributed by atoms with Gasteiger partial charge in [0.2, 0.25) is 0 Å². The summed E-state index contributed by atoms with van der Waals surface area (Å²) < 4.78 is 6.66. The fourth-order valence-corrected chi connectivity index (χ4v) is 1.95. The van der Waals surface area contributed by atoms with Crippen LogP contribution < -0.4 is 0 Å². The Hall–Kier alpha value is -2.50. The summed E-state index contributed by atoms with van der Waals surface area (Å²) in [5, 5.41) is 8.51. The molecule has 0 bridgehead atoms. The number of aryl methyl sites for hydroxylation is 1. The molecule has 0 N–H and O–H groups in total. The summed E-state index contributed by atoms with van der Waals surface area (Å²) in [4.78, 5) is 8.69. The van der Waals surface area contributed by atoms with E-state index in [4.69, 9.17) is 4.52 Å². The topological polar surface area (TPSA) is 69.6 Å². The number of unbranched alkanes of at least 4 members (excludes halogenated alkanes) is 1. The molecule has 20 heavy (non-hydrogen) atoms. The lowest BCUT2D eigenvalue weighted by Gasteiger charge is -2.01. The zero-order valence-corrected chi connectivity index (χ0v) is 11.2. The maximum absolute atomic E-state index is 4.90. The van der Waals surface area contributed by atoms with Crippen LogP contribution in [-0.2, 0) is 6.42 Å². The van der Waals surface area contributed by atoms with Gasteiger partial charge in [-0.1, -0.05) is 18.5 Å². The summed E-state index contributed by atoms with van der Waals surface area (Å²) in [5.74, 6) is 1.49. The first-order chi connectivity index (χ1) is 9.88. The molecule has 102 valence electrons. The normalized spacial score (nSPS) is 10.8. The largest absolute Gasteiger partial charge is 0.364 e. The molecule has 0 saturated carbocycles. The summed E-state index contributed by atoms with van der Waals surface area (Å²) in [6.45, 7) is 2.15. The molecule has 6 heteroatoms. The minimum absolute atomic E-state index is 0.670. The molecular weight excluding hydrogens is 254 g/mol. The molecule has 3 aromatic heterocycles. The van der Waals surface area contributed by atoms with Gasteiger partial charge in [0, 0.05) is 18.7 Å². The molecule has 0 amide bonds. The van der Waals surface area contributed by atoms with Crippen molar-refractivity contribution in [1.82, 2.24) is 24.9 Å². The average molecular weight is 269 g/mol. The van der Waals surface area contributed by atoms with E-state index in [2.05, 4.69) is 27.1 Å². The molecule has 0 aliphatic carbocycles. The van der Waals surface area contributed by atoms with Crippen molar-refractivity contribution >= 4 is 0 Å². The van der Waals surface area contributed by atoms with Gasteiger partial charge in [0.05, 0.1) is 11.9 Å². The number of rotatable bonds is 5. The molecular formula is C14H15N5O. The second-order valence-corrected chi connectivity index (χ2v) is 4.46. The first-order valence-electron chi connectivity index (χ1n) is 6.65. The number of pyridine rings is 1. The molecule has 0 atom stereocenters. The van der Waals surface area contributed by atoms with E-state index in [1.54, 1.807) is 23.1 Å². The van der Waals surface area contributed by atoms with Crippen LogP contribution in [0.5, 0.6) is 0 Å². The Balaban J connectivity index is 2.05. The highest BCUT2D eigenvalue weighted by atomic mass is 16.5. The smallest absolute Gasteiger partial charge is 0.185 e.